The molecule has 6 heteroatoms. The lowest BCUT2D eigenvalue weighted by molar-refractivity contribution is 0.0919. The van der Waals surface area contributed by atoms with Crippen molar-refractivity contribution in [2.45, 2.75) is 26.3 Å². The molecule has 0 radical (unpaired) electrons. The van der Waals surface area contributed by atoms with E-state index in [0.717, 1.165) is 5.56 Å². The third kappa shape index (κ3) is 2.91. The maximum Gasteiger partial charge on any atom is 0.251 e. The fourth-order valence-corrected chi connectivity index (χ4v) is 1.50. The highest BCUT2D eigenvalue weighted by Gasteiger charge is 2.16. The predicted molar refractivity (Wildman–Crippen MR) is 66.8 cm³/mol. The SMILES string of the molecule is CC(C)(C)NC(=O)c1cccc(-c2nn[nH]n2)c1. The highest BCUT2D eigenvalue weighted by atomic mass is 16.1. The maximum atomic E-state index is 12.0. The molecular formula is C12H15N5O. The molecule has 18 heavy (non-hydrogen) atoms. The largest absolute Gasteiger partial charge is 0.347 e. The lowest BCUT2D eigenvalue weighted by Gasteiger charge is -2.20. The number of tetrazole rings is 1. The van der Waals surface area contributed by atoms with E-state index in [0.29, 0.717) is 11.4 Å². The number of H-pyrrole nitrogens is 1. The molecule has 0 atom stereocenters. The van der Waals surface area contributed by atoms with Crippen LogP contribution in [0.1, 0.15) is 31.1 Å². The van der Waals surface area contributed by atoms with Gasteiger partial charge in [0, 0.05) is 16.7 Å². The summed E-state index contributed by atoms with van der Waals surface area (Å²) < 4.78 is 0. The zero-order chi connectivity index (χ0) is 13.2. The summed E-state index contributed by atoms with van der Waals surface area (Å²) in [7, 11) is 0. The van der Waals surface area contributed by atoms with Crippen LogP contribution in [0.25, 0.3) is 11.4 Å². The Bertz CT molecular complexity index is 542. The van der Waals surface area contributed by atoms with E-state index in [1.807, 2.05) is 26.8 Å². The number of nitrogens with zero attached hydrogens (tertiary/aromatic N) is 3. The number of nitrogens with one attached hydrogen (secondary N) is 2. The van der Waals surface area contributed by atoms with E-state index in [1.54, 1.807) is 18.2 Å². The average Bonchev–Trinajstić information content (AvgIpc) is 2.80. The fourth-order valence-electron chi connectivity index (χ4n) is 1.50. The molecule has 1 heterocycles. The van der Waals surface area contributed by atoms with Crippen LogP contribution in [0.4, 0.5) is 0 Å². The van der Waals surface area contributed by atoms with Gasteiger partial charge in [-0.15, -0.1) is 10.2 Å². The molecule has 6 nitrogen and oxygen atoms in total. The van der Waals surface area contributed by atoms with Crippen LogP contribution in [0.5, 0.6) is 0 Å². The summed E-state index contributed by atoms with van der Waals surface area (Å²) in [5, 5.41) is 16.5. The molecule has 0 saturated heterocycles. The smallest absolute Gasteiger partial charge is 0.251 e. The Hall–Kier alpha value is -2.24. The highest BCUT2D eigenvalue weighted by molar-refractivity contribution is 5.95. The topological polar surface area (TPSA) is 83.6 Å². The summed E-state index contributed by atoms with van der Waals surface area (Å²) >= 11 is 0. The molecule has 1 aromatic heterocycles. The Morgan fingerprint density at radius 3 is 2.72 bits per heavy atom. The minimum absolute atomic E-state index is 0.118. The second-order valence-electron chi connectivity index (χ2n) is 5.02. The van der Waals surface area contributed by atoms with E-state index in [-0.39, 0.29) is 11.4 Å². The molecule has 94 valence electrons. The molecular weight excluding hydrogens is 230 g/mol. The van der Waals surface area contributed by atoms with Crippen LogP contribution < -0.4 is 5.32 Å². The molecule has 0 spiro atoms. The van der Waals surface area contributed by atoms with E-state index < -0.39 is 0 Å². The molecule has 0 aliphatic rings. The Kier molecular flexibility index (Phi) is 3.10. The number of carbonyl (C=O) groups is 1. The van der Waals surface area contributed by atoms with E-state index >= 15 is 0 Å². The number of rotatable bonds is 2. The van der Waals surface area contributed by atoms with Crippen molar-refractivity contribution < 1.29 is 4.79 Å². The first-order valence-corrected chi connectivity index (χ1v) is 5.62. The first-order valence-electron chi connectivity index (χ1n) is 5.62. The van der Waals surface area contributed by atoms with Crippen LogP contribution in [-0.2, 0) is 0 Å². The molecule has 1 amide bonds. The lowest BCUT2D eigenvalue weighted by Crippen LogP contribution is -2.40. The summed E-state index contributed by atoms with van der Waals surface area (Å²) in [4.78, 5) is 12.0. The highest BCUT2D eigenvalue weighted by Crippen LogP contribution is 2.15. The van der Waals surface area contributed by atoms with Gasteiger partial charge in [-0.2, -0.15) is 5.21 Å². The van der Waals surface area contributed by atoms with Crippen molar-refractivity contribution >= 4 is 5.91 Å². The number of hydrogen-bond acceptors (Lipinski definition) is 4. The van der Waals surface area contributed by atoms with Gasteiger partial charge in [0.25, 0.3) is 5.91 Å². The number of benzene rings is 1. The molecule has 2 N–H and O–H groups in total. The van der Waals surface area contributed by atoms with Gasteiger partial charge < -0.3 is 5.32 Å². The Morgan fingerprint density at radius 1 is 1.33 bits per heavy atom. The van der Waals surface area contributed by atoms with Crippen LogP contribution in [0.15, 0.2) is 24.3 Å². The molecule has 0 bridgehead atoms. The van der Waals surface area contributed by atoms with Crippen molar-refractivity contribution in [2.24, 2.45) is 0 Å². The van der Waals surface area contributed by atoms with Crippen molar-refractivity contribution in [3.63, 3.8) is 0 Å². The summed E-state index contributed by atoms with van der Waals surface area (Å²) in [6, 6.07) is 7.12. The second-order valence-corrected chi connectivity index (χ2v) is 5.02. The minimum Gasteiger partial charge on any atom is -0.347 e. The quantitative estimate of drug-likeness (QED) is 0.837. The average molecular weight is 245 g/mol. The third-order valence-corrected chi connectivity index (χ3v) is 2.22. The van der Waals surface area contributed by atoms with Gasteiger partial charge in [-0.1, -0.05) is 12.1 Å². The Balaban J connectivity index is 2.25. The van der Waals surface area contributed by atoms with Gasteiger partial charge >= 0.3 is 0 Å². The molecule has 0 unspecified atom stereocenters. The van der Waals surface area contributed by atoms with E-state index in [4.69, 9.17) is 0 Å². The molecule has 0 saturated carbocycles. The molecule has 2 aromatic rings. The van der Waals surface area contributed by atoms with E-state index in [1.165, 1.54) is 0 Å². The van der Waals surface area contributed by atoms with Gasteiger partial charge in [0.2, 0.25) is 5.82 Å². The first-order chi connectivity index (χ1) is 8.46. The number of hydrogen-bond donors (Lipinski definition) is 2. The van der Waals surface area contributed by atoms with Gasteiger partial charge in [0.05, 0.1) is 0 Å². The lowest BCUT2D eigenvalue weighted by atomic mass is 10.1. The molecule has 0 fully saturated rings. The van der Waals surface area contributed by atoms with Crippen molar-refractivity contribution in [2.75, 3.05) is 0 Å². The summed E-state index contributed by atoms with van der Waals surface area (Å²) in [5.41, 5.74) is 1.07. The van der Waals surface area contributed by atoms with Gasteiger partial charge in [-0.25, -0.2) is 0 Å². The van der Waals surface area contributed by atoms with Crippen molar-refractivity contribution in [3.8, 4) is 11.4 Å². The zero-order valence-electron chi connectivity index (χ0n) is 10.6. The van der Waals surface area contributed by atoms with Gasteiger partial charge in [0.15, 0.2) is 0 Å². The van der Waals surface area contributed by atoms with Gasteiger partial charge in [-0.3, -0.25) is 4.79 Å². The number of aromatic nitrogens is 4. The zero-order valence-corrected chi connectivity index (χ0v) is 10.6. The summed E-state index contributed by atoms with van der Waals surface area (Å²) in [6.45, 7) is 5.82. The molecule has 1 aromatic carbocycles. The number of carbonyl (C=O) groups excluding carboxylic acids is 1. The molecule has 2 rings (SSSR count). The van der Waals surface area contributed by atoms with Crippen LogP contribution in [0.3, 0.4) is 0 Å². The van der Waals surface area contributed by atoms with Crippen LogP contribution >= 0.6 is 0 Å². The normalized spacial score (nSPS) is 11.3. The summed E-state index contributed by atoms with van der Waals surface area (Å²) in [5.74, 6) is 0.355. The van der Waals surface area contributed by atoms with Crippen LogP contribution in [-0.4, -0.2) is 32.1 Å². The number of aromatic amines is 1. The molecule has 0 aliphatic carbocycles. The van der Waals surface area contributed by atoms with Crippen molar-refractivity contribution in [3.05, 3.63) is 29.8 Å². The summed E-state index contributed by atoms with van der Waals surface area (Å²) in [6.07, 6.45) is 0. The fraction of sp³-hybridized carbons (Fsp3) is 0.333. The van der Waals surface area contributed by atoms with Crippen molar-refractivity contribution in [1.29, 1.82) is 0 Å². The third-order valence-electron chi connectivity index (χ3n) is 2.22. The standard InChI is InChI=1S/C12H15N5O/c1-12(2,3)13-11(18)9-6-4-5-8(7-9)10-14-16-17-15-10/h4-7H,1-3H3,(H,13,18)(H,14,15,16,17). The predicted octanol–water partition coefficient (Wildman–Crippen LogP) is 1.40. The van der Waals surface area contributed by atoms with Crippen LogP contribution in [0, 0.1) is 0 Å². The van der Waals surface area contributed by atoms with E-state index in [2.05, 4.69) is 25.9 Å². The molecule has 0 aliphatic heterocycles. The van der Waals surface area contributed by atoms with E-state index in [9.17, 15) is 4.79 Å². The van der Waals surface area contributed by atoms with Crippen LogP contribution in [0.2, 0.25) is 0 Å². The van der Waals surface area contributed by atoms with Gasteiger partial charge in [0.1, 0.15) is 0 Å². The maximum absolute atomic E-state index is 12.0. The Morgan fingerprint density at radius 2 is 2.11 bits per heavy atom. The second kappa shape index (κ2) is 4.56. The van der Waals surface area contributed by atoms with Gasteiger partial charge in [-0.05, 0) is 38.1 Å². The first kappa shape index (κ1) is 12.2. The number of amides is 1. The monoisotopic (exact) mass is 245 g/mol. The minimum atomic E-state index is -0.265. The van der Waals surface area contributed by atoms with Crippen molar-refractivity contribution in [1.82, 2.24) is 25.9 Å². The Labute approximate surface area is 105 Å².